The zero-order valence-corrected chi connectivity index (χ0v) is 25.6. The Kier molecular flexibility index (Phi) is 10.1. The second kappa shape index (κ2) is 12.7. The maximum absolute atomic E-state index is 12.8. The number of hydrogen-bond acceptors (Lipinski definition) is 2. The highest BCUT2D eigenvalue weighted by Gasteiger charge is 2.60. The Labute approximate surface area is 230 Å². The Morgan fingerprint density at radius 3 is 2.43 bits per heavy atom. The molecule has 4 aliphatic rings. The minimum Gasteiger partial charge on any atom is -0.356 e. The Morgan fingerprint density at radius 1 is 0.892 bits per heavy atom. The molecule has 3 nitrogen and oxygen atoms in total. The second-order valence-electron chi connectivity index (χ2n) is 15.0. The summed E-state index contributed by atoms with van der Waals surface area (Å²) < 4.78 is 0. The van der Waals surface area contributed by atoms with E-state index in [1.54, 1.807) is 0 Å². The number of carbonyl (C=O) groups excluding carboxylic acids is 1. The van der Waals surface area contributed by atoms with E-state index in [9.17, 15) is 4.79 Å². The monoisotopic (exact) mass is 514 g/mol. The second-order valence-corrected chi connectivity index (χ2v) is 15.0. The zero-order valence-electron chi connectivity index (χ0n) is 25.6. The van der Waals surface area contributed by atoms with E-state index in [1.807, 2.05) is 0 Å². The summed E-state index contributed by atoms with van der Waals surface area (Å²) in [4.78, 5) is 15.1. The summed E-state index contributed by atoms with van der Waals surface area (Å²) in [6.45, 7) is 12.2. The first-order valence-corrected chi connectivity index (χ1v) is 16.6. The summed E-state index contributed by atoms with van der Waals surface area (Å²) in [5, 5.41) is 3.29. The molecular weight excluding hydrogens is 452 g/mol. The molecule has 1 N–H and O–H groups in total. The van der Waals surface area contributed by atoms with Gasteiger partial charge in [0.05, 0.1) is 0 Å². The molecule has 9 atom stereocenters. The van der Waals surface area contributed by atoms with Gasteiger partial charge in [0.25, 0.3) is 0 Å². The van der Waals surface area contributed by atoms with Crippen molar-refractivity contribution in [3.05, 3.63) is 0 Å². The molecule has 1 amide bonds. The average molecular weight is 515 g/mol. The van der Waals surface area contributed by atoms with E-state index >= 15 is 0 Å². The van der Waals surface area contributed by atoms with Gasteiger partial charge in [-0.15, -0.1) is 0 Å². The molecule has 0 bridgehead atoms. The maximum atomic E-state index is 12.8. The predicted molar refractivity (Wildman–Crippen MR) is 157 cm³/mol. The fourth-order valence-corrected chi connectivity index (χ4v) is 10.6. The number of hydrogen-bond donors (Lipinski definition) is 1. The lowest BCUT2D eigenvalue weighted by molar-refractivity contribution is -0.122. The third-order valence-electron chi connectivity index (χ3n) is 12.7. The van der Waals surface area contributed by atoms with Crippen LogP contribution in [-0.2, 0) is 4.79 Å². The van der Waals surface area contributed by atoms with Crippen LogP contribution in [0.2, 0.25) is 0 Å². The van der Waals surface area contributed by atoms with Crippen LogP contribution in [0.3, 0.4) is 0 Å². The molecule has 0 aromatic carbocycles. The van der Waals surface area contributed by atoms with Crippen LogP contribution in [0.25, 0.3) is 0 Å². The number of nitrogens with one attached hydrogen (secondary N) is 1. The minimum absolute atomic E-state index is 0.293. The summed E-state index contributed by atoms with van der Waals surface area (Å²) >= 11 is 0. The summed E-state index contributed by atoms with van der Waals surface area (Å²) in [5.74, 6) is 6.48. The Hall–Kier alpha value is -0.570. The van der Waals surface area contributed by atoms with Crippen molar-refractivity contribution in [1.82, 2.24) is 10.2 Å². The number of amides is 1. The van der Waals surface area contributed by atoms with Gasteiger partial charge in [0.2, 0.25) is 5.91 Å². The molecule has 0 aromatic heterocycles. The van der Waals surface area contributed by atoms with Gasteiger partial charge >= 0.3 is 0 Å². The van der Waals surface area contributed by atoms with Crippen LogP contribution >= 0.6 is 0 Å². The van der Waals surface area contributed by atoms with Gasteiger partial charge in [-0.05, 0) is 144 Å². The zero-order chi connectivity index (χ0) is 26.6. The standard InChI is InChI=1S/C34H62N2O/c1-7-10-26(20-24-36(5)6)19-23-35-32(37)17-12-25(2)29-15-16-30-28-14-13-27-11-8-9-21-33(27,3)31(28)18-22-34(29,30)4/h25-31H,7-24H2,1-6H3,(H,35,37)/t25?,26?,27?,28-,29+,30-,31-,33-,34+/m0/s1. The van der Waals surface area contributed by atoms with Gasteiger partial charge in [0, 0.05) is 13.0 Å². The van der Waals surface area contributed by atoms with Crippen molar-refractivity contribution in [1.29, 1.82) is 0 Å². The van der Waals surface area contributed by atoms with E-state index < -0.39 is 0 Å². The predicted octanol–water partition coefficient (Wildman–Crippen LogP) is 8.33. The van der Waals surface area contributed by atoms with Gasteiger partial charge in [0.15, 0.2) is 0 Å². The van der Waals surface area contributed by atoms with E-state index in [-0.39, 0.29) is 0 Å². The van der Waals surface area contributed by atoms with Crippen molar-refractivity contribution in [2.24, 2.45) is 52.3 Å². The molecule has 4 saturated carbocycles. The van der Waals surface area contributed by atoms with Crippen molar-refractivity contribution < 1.29 is 4.79 Å². The number of rotatable bonds is 12. The third kappa shape index (κ3) is 6.44. The summed E-state index contributed by atoms with van der Waals surface area (Å²) in [7, 11) is 4.32. The molecular formula is C34H62N2O. The lowest BCUT2D eigenvalue weighted by Gasteiger charge is -2.61. The van der Waals surface area contributed by atoms with Crippen molar-refractivity contribution in [3.63, 3.8) is 0 Å². The van der Waals surface area contributed by atoms with Crippen LogP contribution < -0.4 is 5.32 Å². The van der Waals surface area contributed by atoms with E-state index in [0.29, 0.717) is 22.7 Å². The Morgan fingerprint density at radius 2 is 1.68 bits per heavy atom. The van der Waals surface area contributed by atoms with Crippen LogP contribution in [0.5, 0.6) is 0 Å². The average Bonchev–Trinajstić information content (AvgIpc) is 3.22. The van der Waals surface area contributed by atoms with E-state index in [4.69, 9.17) is 0 Å². The van der Waals surface area contributed by atoms with Crippen LogP contribution in [0.15, 0.2) is 0 Å². The number of fused-ring (bicyclic) bond motifs is 5. The largest absolute Gasteiger partial charge is 0.356 e. The van der Waals surface area contributed by atoms with Crippen LogP contribution in [0.4, 0.5) is 0 Å². The molecule has 0 spiro atoms. The first kappa shape index (κ1) is 29.4. The molecule has 0 aromatic rings. The molecule has 0 saturated heterocycles. The fourth-order valence-electron chi connectivity index (χ4n) is 10.6. The van der Waals surface area contributed by atoms with Crippen LogP contribution in [-0.4, -0.2) is 38.0 Å². The summed E-state index contributed by atoms with van der Waals surface area (Å²) in [5.41, 5.74) is 1.17. The number of nitrogens with zero attached hydrogens (tertiary/aromatic N) is 1. The molecule has 0 aliphatic heterocycles. The van der Waals surface area contributed by atoms with E-state index in [1.165, 1.54) is 83.5 Å². The molecule has 214 valence electrons. The van der Waals surface area contributed by atoms with Gasteiger partial charge in [-0.25, -0.2) is 0 Å². The molecule has 4 fully saturated rings. The van der Waals surface area contributed by atoms with E-state index in [0.717, 1.165) is 67.9 Å². The van der Waals surface area contributed by atoms with Crippen molar-refractivity contribution in [2.75, 3.05) is 27.2 Å². The highest BCUT2D eigenvalue weighted by Crippen LogP contribution is 2.68. The quantitative estimate of drug-likeness (QED) is 0.284. The third-order valence-corrected chi connectivity index (χ3v) is 12.7. The number of carbonyl (C=O) groups is 1. The fraction of sp³-hybridized carbons (Fsp3) is 0.971. The van der Waals surface area contributed by atoms with Gasteiger partial charge in [-0.1, -0.05) is 53.4 Å². The normalized spacial score (nSPS) is 38.9. The molecule has 37 heavy (non-hydrogen) atoms. The van der Waals surface area contributed by atoms with Gasteiger partial charge < -0.3 is 10.2 Å². The molecule has 4 rings (SSSR count). The van der Waals surface area contributed by atoms with E-state index in [2.05, 4.69) is 52.0 Å². The topological polar surface area (TPSA) is 32.3 Å². The van der Waals surface area contributed by atoms with Crippen molar-refractivity contribution in [2.45, 2.75) is 130 Å². The Bertz CT molecular complexity index is 735. The van der Waals surface area contributed by atoms with Gasteiger partial charge in [0.1, 0.15) is 0 Å². The maximum Gasteiger partial charge on any atom is 0.220 e. The van der Waals surface area contributed by atoms with Crippen LogP contribution in [0.1, 0.15) is 130 Å². The summed E-state index contributed by atoms with van der Waals surface area (Å²) in [6.07, 6.45) is 21.5. The SMILES string of the molecule is CCCC(CCNC(=O)CCC(C)[C@H]1CC[C@H]2[C@@H]3CCC4CCCC[C@]4(C)[C@H]3CC[C@]12C)CCN(C)C. The summed E-state index contributed by atoms with van der Waals surface area (Å²) in [6, 6.07) is 0. The smallest absolute Gasteiger partial charge is 0.220 e. The first-order valence-electron chi connectivity index (χ1n) is 16.6. The van der Waals surface area contributed by atoms with Gasteiger partial charge in [-0.2, -0.15) is 0 Å². The van der Waals surface area contributed by atoms with Gasteiger partial charge in [-0.3, -0.25) is 4.79 Å². The lowest BCUT2D eigenvalue weighted by Crippen LogP contribution is -2.53. The minimum atomic E-state index is 0.293. The van der Waals surface area contributed by atoms with Crippen LogP contribution in [0, 0.1) is 52.3 Å². The molecule has 4 aliphatic carbocycles. The highest BCUT2D eigenvalue weighted by atomic mass is 16.1. The van der Waals surface area contributed by atoms with Crippen molar-refractivity contribution in [3.8, 4) is 0 Å². The van der Waals surface area contributed by atoms with Crippen molar-refractivity contribution >= 4 is 5.91 Å². The molecule has 3 unspecified atom stereocenters. The lowest BCUT2D eigenvalue weighted by atomic mass is 9.44. The Balaban J connectivity index is 1.25. The first-order chi connectivity index (χ1) is 17.7. The molecule has 3 heteroatoms. The highest BCUT2D eigenvalue weighted by molar-refractivity contribution is 5.75. The molecule has 0 radical (unpaired) electrons. The molecule has 0 heterocycles.